The van der Waals surface area contributed by atoms with Gasteiger partial charge in [-0.3, -0.25) is 4.57 Å². The molecule has 2 N–H and O–H groups in total. The molecule has 0 saturated heterocycles. The van der Waals surface area contributed by atoms with Gasteiger partial charge in [0.15, 0.2) is 0 Å². The van der Waals surface area contributed by atoms with E-state index in [-0.39, 0.29) is 51.4 Å². The normalized spacial score (nSPS) is 13.5. The fourth-order valence-corrected chi connectivity index (χ4v) is 2.23. The molecule has 3 nitrogen and oxygen atoms in total. The second kappa shape index (κ2) is 9.04. The quantitative estimate of drug-likeness (QED) is 0.419. The topological polar surface area (TPSA) is 57.5 Å². The van der Waals surface area contributed by atoms with Crippen molar-refractivity contribution < 1.29 is 14.4 Å². The van der Waals surface area contributed by atoms with E-state index in [1.54, 1.807) is 0 Å². The van der Waals surface area contributed by atoms with Gasteiger partial charge in [-0.05, 0) is 12.8 Å². The van der Waals surface area contributed by atoms with Crippen molar-refractivity contribution in [1.82, 2.24) is 0 Å². The molecule has 0 saturated carbocycles. The molecular formula is C8H20KO3P. The number of hydrogen-bond acceptors (Lipinski definition) is 1. The molecular weight excluding hydrogens is 214 g/mol. The Kier molecular flexibility index (Phi) is 12.0. The molecule has 76 valence electrons. The molecule has 1 atom stereocenters. The van der Waals surface area contributed by atoms with Crippen LogP contribution < -0.4 is 0 Å². The Labute approximate surface area is 123 Å². The molecule has 5 heteroatoms. The van der Waals surface area contributed by atoms with Crippen molar-refractivity contribution in [3.63, 3.8) is 0 Å². The van der Waals surface area contributed by atoms with Crippen LogP contribution in [0.5, 0.6) is 0 Å². The van der Waals surface area contributed by atoms with Gasteiger partial charge >= 0.3 is 59.0 Å². The van der Waals surface area contributed by atoms with Crippen LogP contribution in [0.15, 0.2) is 0 Å². The van der Waals surface area contributed by atoms with Crippen LogP contribution >= 0.6 is 7.60 Å². The van der Waals surface area contributed by atoms with E-state index in [0.717, 1.165) is 19.3 Å². The van der Waals surface area contributed by atoms with Crippen molar-refractivity contribution in [3.8, 4) is 0 Å². The van der Waals surface area contributed by atoms with Crippen molar-refractivity contribution >= 4 is 59.0 Å². The van der Waals surface area contributed by atoms with E-state index >= 15 is 0 Å². The van der Waals surface area contributed by atoms with Crippen LogP contribution in [0.3, 0.4) is 0 Å². The van der Waals surface area contributed by atoms with Crippen LogP contribution in [0.4, 0.5) is 0 Å². The summed E-state index contributed by atoms with van der Waals surface area (Å²) in [7, 11) is -3.82. The molecule has 0 aliphatic rings. The zero-order valence-electron chi connectivity index (χ0n) is 7.86. The van der Waals surface area contributed by atoms with Crippen LogP contribution in [0.2, 0.25) is 0 Å². The molecule has 0 rings (SSSR count). The fourth-order valence-electron chi connectivity index (χ4n) is 1.24. The molecule has 0 aromatic carbocycles. The second-order valence-electron chi connectivity index (χ2n) is 3.15. The molecule has 0 aliphatic heterocycles. The van der Waals surface area contributed by atoms with Crippen LogP contribution in [0.1, 0.15) is 46.0 Å². The summed E-state index contributed by atoms with van der Waals surface area (Å²) in [5.41, 5.74) is -0.413. The van der Waals surface area contributed by atoms with Crippen LogP contribution in [-0.2, 0) is 4.57 Å². The van der Waals surface area contributed by atoms with E-state index in [1.807, 2.05) is 6.92 Å². The molecule has 0 bridgehead atoms. The Morgan fingerprint density at radius 2 is 1.77 bits per heavy atom. The minimum absolute atomic E-state index is 0. The summed E-state index contributed by atoms with van der Waals surface area (Å²) in [6.07, 6.45) is 4.33. The summed E-state index contributed by atoms with van der Waals surface area (Å²) in [6.45, 7) is 3.91. The first kappa shape index (κ1) is 17.2. The standard InChI is InChI=1S/C8H19O3P.K.H/c1-3-5-6-7-8(4-2)12(9,10)11;;/h8H,3-7H2,1-2H3,(H2,9,10,11);;. The van der Waals surface area contributed by atoms with Crippen molar-refractivity contribution in [2.45, 2.75) is 51.6 Å². The molecule has 0 aliphatic carbocycles. The fraction of sp³-hybridized carbons (Fsp3) is 1.00. The molecule has 0 aromatic rings. The van der Waals surface area contributed by atoms with Crippen LogP contribution in [0, 0.1) is 0 Å². The van der Waals surface area contributed by atoms with E-state index in [2.05, 4.69) is 6.92 Å². The van der Waals surface area contributed by atoms with E-state index < -0.39 is 13.3 Å². The summed E-state index contributed by atoms with van der Waals surface area (Å²) < 4.78 is 10.9. The van der Waals surface area contributed by atoms with Gasteiger partial charge in [0.25, 0.3) is 0 Å². The monoisotopic (exact) mass is 234 g/mol. The average molecular weight is 234 g/mol. The third kappa shape index (κ3) is 8.76. The first-order chi connectivity index (χ1) is 5.52. The zero-order chi connectivity index (χ0) is 9.61. The van der Waals surface area contributed by atoms with Crippen molar-refractivity contribution in [2.75, 3.05) is 0 Å². The predicted octanol–water partition coefficient (Wildman–Crippen LogP) is 1.87. The Bertz CT molecular complexity index is 157. The van der Waals surface area contributed by atoms with Gasteiger partial charge in [0.1, 0.15) is 0 Å². The summed E-state index contributed by atoms with van der Waals surface area (Å²) >= 11 is 0. The second-order valence-corrected chi connectivity index (χ2v) is 5.06. The Hall–Kier alpha value is 1.79. The van der Waals surface area contributed by atoms with Gasteiger partial charge in [0, 0.05) is 0 Å². The third-order valence-electron chi connectivity index (χ3n) is 2.09. The maximum atomic E-state index is 10.9. The van der Waals surface area contributed by atoms with Gasteiger partial charge in [-0.1, -0.05) is 33.1 Å². The molecule has 0 amide bonds. The number of rotatable bonds is 6. The zero-order valence-corrected chi connectivity index (χ0v) is 8.76. The number of unbranched alkanes of at least 4 members (excludes halogenated alkanes) is 2. The van der Waals surface area contributed by atoms with Gasteiger partial charge in [0.2, 0.25) is 0 Å². The molecule has 13 heavy (non-hydrogen) atoms. The minimum atomic E-state index is -3.82. The predicted molar refractivity (Wildman–Crippen MR) is 57.4 cm³/mol. The van der Waals surface area contributed by atoms with E-state index in [0.29, 0.717) is 12.8 Å². The molecule has 0 heterocycles. The van der Waals surface area contributed by atoms with E-state index in [4.69, 9.17) is 9.79 Å². The van der Waals surface area contributed by atoms with Gasteiger partial charge < -0.3 is 9.79 Å². The molecule has 0 radical (unpaired) electrons. The van der Waals surface area contributed by atoms with Crippen LogP contribution in [-0.4, -0.2) is 66.8 Å². The summed E-state index contributed by atoms with van der Waals surface area (Å²) in [5.74, 6) is 0. The number of hydrogen-bond donors (Lipinski definition) is 2. The van der Waals surface area contributed by atoms with Crippen molar-refractivity contribution in [1.29, 1.82) is 0 Å². The Balaban J connectivity index is 0. The van der Waals surface area contributed by atoms with Gasteiger partial charge in [-0.25, -0.2) is 0 Å². The molecule has 1 unspecified atom stereocenters. The third-order valence-corrected chi connectivity index (χ3v) is 3.66. The van der Waals surface area contributed by atoms with Gasteiger partial charge in [0.05, 0.1) is 5.66 Å². The Morgan fingerprint density at radius 1 is 1.23 bits per heavy atom. The van der Waals surface area contributed by atoms with E-state index in [1.165, 1.54) is 0 Å². The average Bonchev–Trinajstić information content (AvgIpc) is 1.95. The maximum absolute atomic E-state index is 10.9. The SMILES string of the molecule is CCCCCC(CC)P(=O)(O)O.[KH]. The summed E-state index contributed by atoms with van der Waals surface area (Å²) in [4.78, 5) is 17.8. The van der Waals surface area contributed by atoms with E-state index in [9.17, 15) is 4.57 Å². The van der Waals surface area contributed by atoms with Crippen molar-refractivity contribution in [3.05, 3.63) is 0 Å². The van der Waals surface area contributed by atoms with Crippen LogP contribution in [0.25, 0.3) is 0 Å². The van der Waals surface area contributed by atoms with Gasteiger partial charge in [-0.15, -0.1) is 0 Å². The molecule has 0 spiro atoms. The first-order valence-electron chi connectivity index (χ1n) is 4.57. The molecule has 0 aromatic heterocycles. The van der Waals surface area contributed by atoms with Crippen molar-refractivity contribution in [2.24, 2.45) is 0 Å². The summed E-state index contributed by atoms with van der Waals surface area (Å²) in [6, 6.07) is 0. The molecule has 0 fully saturated rings. The Morgan fingerprint density at radius 3 is 2.08 bits per heavy atom. The first-order valence-corrected chi connectivity index (χ1v) is 6.25. The van der Waals surface area contributed by atoms with Gasteiger partial charge in [-0.2, -0.15) is 0 Å². The summed E-state index contributed by atoms with van der Waals surface area (Å²) in [5, 5.41) is 0.